The summed E-state index contributed by atoms with van der Waals surface area (Å²) < 4.78 is 0. The van der Waals surface area contributed by atoms with Crippen LogP contribution in [-0.2, 0) is 4.79 Å². The largest absolute Gasteiger partial charge is 0.309 e. The minimum absolute atomic E-state index is 0.0168. The molecule has 0 fully saturated rings. The molecule has 0 saturated heterocycles. The maximum absolute atomic E-state index is 11.6. The Morgan fingerprint density at radius 2 is 2.00 bits per heavy atom. The van der Waals surface area contributed by atoms with Crippen LogP contribution in [0.2, 0.25) is 0 Å². The molecular weight excluding hydrogens is 190 g/mol. The zero-order valence-electron chi connectivity index (χ0n) is 8.77. The summed E-state index contributed by atoms with van der Waals surface area (Å²) >= 11 is 0. The minimum atomic E-state index is -0.256. The number of rotatable bonds is 2. The summed E-state index contributed by atoms with van der Waals surface area (Å²) in [6.07, 6.45) is 3.37. The number of nitrogens with zero attached hydrogens (tertiary/aromatic N) is 2. The number of hydrogen-bond donors (Lipinski definition) is 1. The van der Waals surface area contributed by atoms with E-state index in [1.807, 2.05) is 26.0 Å². The Hall–Kier alpha value is -1.71. The number of amides is 1. The fourth-order valence-electron chi connectivity index (χ4n) is 1.53. The van der Waals surface area contributed by atoms with Crippen molar-refractivity contribution in [2.24, 2.45) is 10.9 Å². The molecule has 2 rings (SSSR count). The second-order valence-corrected chi connectivity index (χ2v) is 3.89. The van der Waals surface area contributed by atoms with Gasteiger partial charge in [0.25, 0.3) is 5.91 Å². The molecule has 1 N–H and O–H groups in total. The molecule has 4 heteroatoms. The van der Waals surface area contributed by atoms with Gasteiger partial charge in [-0.3, -0.25) is 14.8 Å². The molecule has 1 aliphatic rings. The lowest BCUT2D eigenvalue weighted by atomic mass is 10.1. The summed E-state index contributed by atoms with van der Waals surface area (Å²) in [7, 11) is 0. The second kappa shape index (κ2) is 3.81. The standard InChI is InChI=1S/C11H13N3O/c1-7(2)9-11(15)14-10(13-9)8-3-5-12-6-4-8/h3-7,9H,1-2H3,(H,13,14,15). The number of hydrogen-bond acceptors (Lipinski definition) is 3. The zero-order chi connectivity index (χ0) is 10.8. The first kappa shape index (κ1) is 9.83. The Bertz CT molecular complexity index is 398. The lowest BCUT2D eigenvalue weighted by molar-refractivity contribution is -0.120. The molecule has 78 valence electrons. The van der Waals surface area contributed by atoms with Crippen LogP contribution in [0.25, 0.3) is 0 Å². The third kappa shape index (κ3) is 1.88. The van der Waals surface area contributed by atoms with Gasteiger partial charge in [-0.05, 0) is 18.1 Å². The lowest BCUT2D eigenvalue weighted by Crippen LogP contribution is -2.31. The molecule has 0 radical (unpaired) electrons. The highest BCUT2D eigenvalue weighted by Gasteiger charge is 2.29. The van der Waals surface area contributed by atoms with Crippen molar-refractivity contribution in [1.29, 1.82) is 0 Å². The van der Waals surface area contributed by atoms with Crippen LogP contribution in [0.4, 0.5) is 0 Å². The van der Waals surface area contributed by atoms with Gasteiger partial charge in [-0.15, -0.1) is 0 Å². The van der Waals surface area contributed by atoms with Gasteiger partial charge in [-0.2, -0.15) is 0 Å². The molecule has 1 aromatic rings. The van der Waals surface area contributed by atoms with Crippen molar-refractivity contribution in [1.82, 2.24) is 10.3 Å². The molecule has 1 unspecified atom stereocenters. The van der Waals surface area contributed by atoms with Gasteiger partial charge in [-0.1, -0.05) is 13.8 Å². The van der Waals surface area contributed by atoms with Crippen molar-refractivity contribution < 1.29 is 4.79 Å². The van der Waals surface area contributed by atoms with E-state index in [9.17, 15) is 4.79 Å². The van der Waals surface area contributed by atoms with Gasteiger partial charge >= 0.3 is 0 Å². The average molecular weight is 203 g/mol. The van der Waals surface area contributed by atoms with Gasteiger partial charge in [0.05, 0.1) is 0 Å². The maximum Gasteiger partial charge on any atom is 0.250 e. The van der Waals surface area contributed by atoms with E-state index >= 15 is 0 Å². The van der Waals surface area contributed by atoms with E-state index in [1.165, 1.54) is 0 Å². The summed E-state index contributed by atoms with van der Waals surface area (Å²) in [6, 6.07) is 3.41. The lowest BCUT2D eigenvalue weighted by Gasteiger charge is -2.06. The van der Waals surface area contributed by atoms with E-state index in [4.69, 9.17) is 0 Å². The van der Waals surface area contributed by atoms with Gasteiger partial charge in [-0.25, -0.2) is 0 Å². The highest BCUT2D eigenvalue weighted by molar-refractivity contribution is 6.13. The van der Waals surface area contributed by atoms with Gasteiger partial charge in [0.2, 0.25) is 0 Å². The number of carbonyl (C=O) groups excluding carboxylic acids is 1. The van der Waals surface area contributed by atoms with Gasteiger partial charge in [0, 0.05) is 18.0 Å². The molecule has 1 amide bonds. The van der Waals surface area contributed by atoms with Crippen molar-refractivity contribution in [3.05, 3.63) is 30.1 Å². The predicted octanol–water partition coefficient (Wildman–Crippen LogP) is 0.983. The Kier molecular flexibility index (Phi) is 2.49. The highest BCUT2D eigenvalue weighted by atomic mass is 16.2. The van der Waals surface area contributed by atoms with Gasteiger partial charge in [0.15, 0.2) is 0 Å². The normalized spacial score (nSPS) is 20.3. The number of amidine groups is 1. The van der Waals surface area contributed by atoms with Crippen molar-refractivity contribution in [3.63, 3.8) is 0 Å². The molecule has 0 bridgehead atoms. The Morgan fingerprint density at radius 3 is 2.53 bits per heavy atom. The fourth-order valence-corrected chi connectivity index (χ4v) is 1.53. The van der Waals surface area contributed by atoms with Crippen LogP contribution in [0.3, 0.4) is 0 Å². The summed E-state index contributed by atoms with van der Waals surface area (Å²) in [5.74, 6) is 0.863. The van der Waals surface area contributed by atoms with Crippen molar-refractivity contribution >= 4 is 11.7 Å². The Balaban J connectivity index is 2.27. The third-order valence-corrected chi connectivity index (χ3v) is 2.36. The summed E-state index contributed by atoms with van der Waals surface area (Å²) in [5.41, 5.74) is 0.904. The topological polar surface area (TPSA) is 54.4 Å². The van der Waals surface area contributed by atoms with Crippen LogP contribution in [0, 0.1) is 5.92 Å². The number of pyridine rings is 1. The van der Waals surface area contributed by atoms with Crippen LogP contribution < -0.4 is 5.32 Å². The summed E-state index contributed by atoms with van der Waals surface area (Å²) in [4.78, 5) is 19.8. The Morgan fingerprint density at radius 1 is 1.33 bits per heavy atom. The van der Waals surface area contributed by atoms with E-state index in [1.54, 1.807) is 12.4 Å². The molecule has 1 aromatic heterocycles. The second-order valence-electron chi connectivity index (χ2n) is 3.89. The van der Waals surface area contributed by atoms with E-state index < -0.39 is 0 Å². The smallest absolute Gasteiger partial charge is 0.250 e. The van der Waals surface area contributed by atoms with Crippen LogP contribution >= 0.6 is 0 Å². The van der Waals surface area contributed by atoms with Crippen LogP contribution in [0.1, 0.15) is 19.4 Å². The number of nitrogens with one attached hydrogen (secondary N) is 1. The molecule has 0 aromatic carbocycles. The van der Waals surface area contributed by atoms with E-state index in [0.29, 0.717) is 5.84 Å². The zero-order valence-corrected chi connectivity index (χ0v) is 8.77. The molecule has 0 saturated carbocycles. The molecule has 15 heavy (non-hydrogen) atoms. The van der Waals surface area contributed by atoms with Crippen molar-refractivity contribution in [2.45, 2.75) is 19.9 Å². The summed E-state index contributed by atoms with van der Waals surface area (Å²) in [6.45, 7) is 3.98. The maximum atomic E-state index is 11.6. The first-order chi connectivity index (χ1) is 7.18. The summed E-state index contributed by atoms with van der Waals surface area (Å²) in [5, 5.41) is 2.78. The predicted molar refractivity (Wildman–Crippen MR) is 57.5 cm³/mol. The van der Waals surface area contributed by atoms with Gasteiger partial charge in [0.1, 0.15) is 11.9 Å². The number of aliphatic imine (C=N–C) groups is 1. The molecule has 0 aliphatic carbocycles. The van der Waals surface area contributed by atoms with Crippen LogP contribution in [0.5, 0.6) is 0 Å². The van der Waals surface area contributed by atoms with E-state index in [0.717, 1.165) is 5.56 Å². The van der Waals surface area contributed by atoms with E-state index in [-0.39, 0.29) is 17.9 Å². The van der Waals surface area contributed by atoms with Crippen molar-refractivity contribution in [2.75, 3.05) is 0 Å². The van der Waals surface area contributed by atoms with Gasteiger partial charge < -0.3 is 5.32 Å². The molecule has 2 heterocycles. The Labute approximate surface area is 88.4 Å². The van der Waals surface area contributed by atoms with E-state index in [2.05, 4.69) is 15.3 Å². The SMILES string of the molecule is CC(C)C1N=C(c2ccncc2)NC1=O. The first-order valence-electron chi connectivity index (χ1n) is 4.97. The molecular formula is C11H13N3O. The number of aromatic nitrogens is 1. The monoisotopic (exact) mass is 203 g/mol. The molecule has 1 aliphatic heterocycles. The third-order valence-electron chi connectivity index (χ3n) is 2.36. The average Bonchev–Trinajstić information content (AvgIpc) is 2.62. The van der Waals surface area contributed by atoms with Crippen LogP contribution in [-0.4, -0.2) is 22.8 Å². The van der Waals surface area contributed by atoms with Crippen LogP contribution in [0.15, 0.2) is 29.5 Å². The molecule has 0 spiro atoms. The minimum Gasteiger partial charge on any atom is -0.309 e. The molecule has 1 atom stereocenters. The quantitative estimate of drug-likeness (QED) is 0.779. The molecule has 4 nitrogen and oxygen atoms in total. The highest BCUT2D eigenvalue weighted by Crippen LogP contribution is 2.14. The number of carbonyl (C=O) groups is 1. The fraction of sp³-hybridized carbons (Fsp3) is 0.364. The first-order valence-corrected chi connectivity index (χ1v) is 4.97. The van der Waals surface area contributed by atoms with Crippen molar-refractivity contribution in [3.8, 4) is 0 Å².